The van der Waals surface area contributed by atoms with Crippen molar-refractivity contribution < 1.29 is 18.8 Å². The number of hydrogen-bond donors (Lipinski definition) is 0. The lowest BCUT2D eigenvalue weighted by Crippen LogP contribution is -2.51. The van der Waals surface area contributed by atoms with Gasteiger partial charge in [-0.2, -0.15) is 5.10 Å². The van der Waals surface area contributed by atoms with E-state index in [4.69, 9.17) is 4.42 Å². The normalized spacial score (nSPS) is 21.7. The lowest BCUT2D eigenvalue weighted by atomic mass is 9.86. The molecule has 3 amide bonds. The van der Waals surface area contributed by atoms with E-state index in [1.807, 2.05) is 0 Å². The van der Waals surface area contributed by atoms with E-state index in [2.05, 4.69) is 5.10 Å². The molecule has 0 saturated carbocycles. The van der Waals surface area contributed by atoms with Crippen molar-refractivity contribution in [1.29, 1.82) is 0 Å². The maximum atomic E-state index is 13.3. The van der Waals surface area contributed by atoms with E-state index in [-0.39, 0.29) is 12.3 Å². The van der Waals surface area contributed by atoms with Crippen LogP contribution in [-0.2, 0) is 19.9 Å². The van der Waals surface area contributed by atoms with E-state index in [0.29, 0.717) is 22.7 Å². The van der Waals surface area contributed by atoms with Crippen LogP contribution in [-0.4, -0.2) is 28.4 Å². The highest BCUT2D eigenvalue weighted by atomic mass is 16.3. The van der Waals surface area contributed by atoms with Gasteiger partial charge >= 0.3 is 0 Å². The fourth-order valence-corrected chi connectivity index (χ4v) is 3.59. The number of benzene rings is 1. The van der Waals surface area contributed by atoms with Crippen molar-refractivity contribution in [2.75, 3.05) is 4.90 Å². The number of carbonyl (C=O) groups is 3. The zero-order chi connectivity index (χ0) is 17.8. The van der Waals surface area contributed by atoms with Gasteiger partial charge in [-0.05, 0) is 18.2 Å². The Kier molecular flexibility index (Phi) is 3.15. The van der Waals surface area contributed by atoms with E-state index < -0.39 is 17.4 Å². The summed E-state index contributed by atoms with van der Waals surface area (Å²) in [6, 6.07) is 10.4. The summed E-state index contributed by atoms with van der Waals surface area (Å²) >= 11 is 0. The zero-order valence-corrected chi connectivity index (χ0v) is 13.7. The maximum absolute atomic E-state index is 13.3. The van der Waals surface area contributed by atoms with Crippen molar-refractivity contribution in [3.63, 3.8) is 0 Å². The van der Waals surface area contributed by atoms with Crippen LogP contribution in [0.4, 0.5) is 5.69 Å². The average Bonchev–Trinajstić information content (AvgIpc) is 3.27. The number of hydrazone groups is 1. The molecule has 1 aromatic carbocycles. The molecule has 7 nitrogen and oxygen atoms in total. The molecule has 1 aromatic heterocycles. The number of fused-ring (bicyclic) bond motifs is 2. The molecule has 1 spiro atoms. The zero-order valence-electron chi connectivity index (χ0n) is 13.7. The van der Waals surface area contributed by atoms with Gasteiger partial charge in [-0.1, -0.05) is 18.2 Å². The smallest absolute Gasteiger partial charge is 0.266 e. The van der Waals surface area contributed by atoms with Crippen molar-refractivity contribution in [3.8, 4) is 0 Å². The molecule has 1 atom stereocenters. The summed E-state index contributed by atoms with van der Waals surface area (Å²) < 4.78 is 5.39. The van der Waals surface area contributed by atoms with Crippen LogP contribution in [0.5, 0.6) is 0 Å². The van der Waals surface area contributed by atoms with Crippen LogP contribution >= 0.6 is 0 Å². The number of furan rings is 1. The number of imide groups is 1. The minimum absolute atomic E-state index is 0.153. The summed E-state index contributed by atoms with van der Waals surface area (Å²) in [5.74, 6) is -0.754. The second-order valence-electron chi connectivity index (χ2n) is 6.07. The highest BCUT2D eigenvalue weighted by molar-refractivity contribution is 6.24. The fraction of sp³-hybridized carbons (Fsp3) is 0.222. The summed E-state index contributed by atoms with van der Waals surface area (Å²) in [4.78, 5) is 38.8. The average molecular weight is 337 g/mol. The summed E-state index contributed by atoms with van der Waals surface area (Å²) in [6.07, 6.45) is 1.66. The van der Waals surface area contributed by atoms with Gasteiger partial charge in [0.15, 0.2) is 5.54 Å². The lowest BCUT2D eigenvalue weighted by molar-refractivity contribution is -0.144. The molecule has 0 radical (unpaired) electrons. The topological polar surface area (TPSA) is 83.2 Å². The van der Waals surface area contributed by atoms with Crippen molar-refractivity contribution in [2.24, 2.45) is 5.10 Å². The third kappa shape index (κ3) is 1.92. The molecule has 2 aliphatic rings. The Balaban J connectivity index is 1.93. The molecule has 7 heteroatoms. The monoisotopic (exact) mass is 337 g/mol. The number of hydrogen-bond acceptors (Lipinski definition) is 5. The molecule has 3 heterocycles. The van der Waals surface area contributed by atoms with Crippen molar-refractivity contribution in [1.82, 2.24) is 5.01 Å². The van der Waals surface area contributed by atoms with Gasteiger partial charge in [0.1, 0.15) is 11.5 Å². The van der Waals surface area contributed by atoms with Gasteiger partial charge < -0.3 is 4.42 Å². The summed E-state index contributed by atoms with van der Waals surface area (Å²) in [5, 5.41) is 5.53. The van der Waals surface area contributed by atoms with E-state index in [1.165, 1.54) is 25.1 Å². The van der Waals surface area contributed by atoms with Gasteiger partial charge in [-0.25, -0.2) is 9.91 Å². The van der Waals surface area contributed by atoms with E-state index in [9.17, 15) is 14.4 Å². The number of rotatable bonds is 1. The quantitative estimate of drug-likeness (QED) is 0.797. The Morgan fingerprint density at radius 1 is 1.12 bits per heavy atom. The Labute approximate surface area is 143 Å². The molecule has 126 valence electrons. The van der Waals surface area contributed by atoms with Gasteiger partial charge in [0.2, 0.25) is 11.8 Å². The molecule has 1 unspecified atom stereocenters. The molecule has 2 aliphatic heterocycles. The Hall–Kier alpha value is -3.22. The second kappa shape index (κ2) is 5.14. The Bertz CT molecular complexity index is 932. The summed E-state index contributed by atoms with van der Waals surface area (Å²) in [6.45, 7) is 2.68. The molecule has 4 rings (SSSR count). The lowest BCUT2D eigenvalue weighted by Gasteiger charge is -2.30. The Morgan fingerprint density at radius 2 is 1.88 bits per heavy atom. The molecule has 0 aliphatic carbocycles. The molecule has 25 heavy (non-hydrogen) atoms. The van der Waals surface area contributed by atoms with Crippen LogP contribution in [0.1, 0.15) is 31.6 Å². The third-order valence-electron chi connectivity index (χ3n) is 4.57. The van der Waals surface area contributed by atoms with Gasteiger partial charge in [0.25, 0.3) is 5.91 Å². The third-order valence-corrected chi connectivity index (χ3v) is 4.57. The molecule has 0 fully saturated rings. The molecular formula is C18H15N3O4. The predicted octanol–water partition coefficient (Wildman–Crippen LogP) is 2.02. The van der Waals surface area contributed by atoms with Crippen LogP contribution in [0.25, 0.3) is 0 Å². The van der Waals surface area contributed by atoms with Crippen LogP contribution in [0.2, 0.25) is 0 Å². The standard InChI is InChI=1S/C18H15N3O4/c1-11(22)20-15-7-4-3-6-13(15)18(17(20)24)10-14(16-8-5-9-25-16)19-21(18)12(2)23/h3-9H,10H2,1-2H3. The highest BCUT2D eigenvalue weighted by Crippen LogP contribution is 2.49. The predicted molar refractivity (Wildman–Crippen MR) is 88.7 cm³/mol. The fourth-order valence-electron chi connectivity index (χ4n) is 3.59. The first kappa shape index (κ1) is 15.3. The molecular weight excluding hydrogens is 322 g/mol. The molecule has 2 aromatic rings. The SMILES string of the molecule is CC(=O)N1C(=O)C2(CC(c3ccco3)=NN2C(C)=O)c2ccccc21. The summed E-state index contributed by atoms with van der Waals surface area (Å²) in [7, 11) is 0. The van der Waals surface area contributed by atoms with E-state index in [1.54, 1.807) is 36.4 Å². The number of amides is 3. The number of nitrogens with zero attached hydrogens (tertiary/aromatic N) is 3. The van der Waals surface area contributed by atoms with Crippen LogP contribution < -0.4 is 4.90 Å². The van der Waals surface area contributed by atoms with Gasteiger partial charge in [0.05, 0.1) is 12.0 Å². The van der Waals surface area contributed by atoms with Crippen LogP contribution in [0.3, 0.4) is 0 Å². The summed E-state index contributed by atoms with van der Waals surface area (Å²) in [5.41, 5.74) is 0.225. The second-order valence-corrected chi connectivity index (χ2v) is 6.07. The number of anilines is 1. The van der Waals surface area contributed by atoms with Crippen molar-refractivity contribution in [3.05, 3.63) is 54.0 Å². The minimum atomic E-state index is -1.35. The first-order valence-electron chi connectivity index (χ1n) is 7.83. The van der Waals surface area contributed by atoms with Gasteiger partial charge in [0, 0.05) is 25.8 Å². The van der Waals surface area contributed by atoms with Crippen LogP contribution in [0.15, 0.2) is 52.2 Å². The van der Waals surface area contributed by atoms with Gasteiger partial charge in [-0.3, -0.25) is 14.4 Å². The Morgan fingerprint density at radius 3 is 2.52 bits per heavy atom. The number of para-hydroxylation sites is 1. The maximum Gasteiger partial charge on any atom is 0.266 e. The first-order chi connectivity index (χ1) is 12.0. The molecule has 0 N–H and O–H groups in total. The largest absolute Gasteiger partial charge is 0.463 e. The minimum Gasteiger partial charge on any atom is -0.463 e. The highest BCUT2D eigenvalue weighted by Gasteiger charge is 2.60. The van der Waals surface area contributed by atoms with Crippen molar-refractivity contribution in [2.45, 2.75) is 25.8 Å². The first-order valence-corrected chi connectivity index (χ1v) is 7.83. The molecule has 0 saturated heterocycles. The van der Waals surface area contributed by atoms with Gasteiger partial charge in [-0.15, -0.1) is 0 Å². The van der Waals surface area contributed by atoms with E-state index in [0.717, 1.165) is 4.90 Å². The molecule has 0 bridgehead atoms. The number of carbonyl (C=O) groups excluding carboxylic acids is 3. The van der Waals surface area contributed by atoms with Crippen LogP contribution in [0, 0.1) is 0 Å². The van der Waals surface area contributed by atoms with E-state index >= 15 is 0 Å². The van der Waals surface area contributed by atoms with Crippen molar-refractivity contribution >= 4 is 29.1 Å².